The van der Waals surface area contributed by atoms with E-state index >= 15 is 0 Å². The summed E-state index contributed by atoms with van der Waals surface area (Å²) >= 11 is 1.96. The monoisotopic (exact) mass is 790 g/mol. The number of hydrogen-bond donors (Lipinski definition) is 0. The molecule has 5 aliphatic rings. The minimum Gasteiger partial charge on any atom is -0.460 e. The van der Waals surface area contributed by atoms with Gasteiger partial charge in [-0.1, -0.05) is 140 Å². The fraction of sp³-hybridized carbons (Fsp3) is 0.143. The quantitative estimate of drug-likeness (QED) is 0.173. The van der Waals surface area contributed by atoms with Crippen LogP contribution in [0, 0.1) is 5.92 Å². The maximum absolute atomic E-state index is 6.73. The van der Waals surface area contributed by atoms with E-state index in [9.17, 15) is 0 Å². The van der Waals surface area contributed by atoms with Gasteiger partial charge in [-0.05, 0) is 99.1 Å². The summed E-state index contributed by atoms with van der Waals surface area (Å²) in [6.45, 7) is 0. The summed E-state index contributed by atoms with van der Waals surface area (Å²) in [6.07, 6.45) is 25.7. The highest BCUT2D eigenvalue weighted by Crippen LogP contribution is 2.47. The van der Waals surface area contributed by atoms with Gasteiger partial charge in [0.05, 0.1) is 18.1 Å². The first-order valence-electron chi connectivity index (χ1n) is 21.5. The molecule has 4 atom stereocenters. The number of hydrogen-bond acceptors (Lipinski definition) is 4. The molecule has 1 aliphatic heterocycles. The Kier molecular flexibility index (Phi) is 7.68. The summed E-state index contributed by atoms with van der Waals surface area (Å²) in [5.74, 6) is 1.47. The Morgan fingerprint density at radius 2 is 1.37 bits per heavy atom. The van der Waals surface area contributed by atoms with Crippen LogP contribution in [0.2, 0.25) is 0 Å². The van der Waals surface area contributed by atoms with Gasteiger partial charge in [-0.3, -0.25) is 0 Å². The Balaban J connectivity index is 0.877. The second kappa shape index (κ2) is 13.5. The maximum Gasteiger partial charge on any atom is 0.135 e. The van der Waals surface area contributed by atoms with Crippen LogP contribution >= 0.6 is 11.3 Å². The number of thiophene rings is 1. The molecule has 0 bridgehead atoms. The standard InChI is InChI=1S/C56H42N2OS/c1-2-12-39(13-3-1)58-49-17-9-8-16-45(49)46-27-20-38(32-50(46)58)35-18-23-40(24-19-35)57(41-25-28-47-52(33-41)59-51-30-21-36-10-4-6-14-43(36)55(47)51)42-26-29-48-54(34-42)60-53-31-22-37-11-5-7-15-44(37)56(48)53/h1-7,9-15,17-32,41-42,46,50H,8,16,33-34H2. The molecule has 4 unspecified atom stereocenters. The van der Waals surface area contributed by atoms with Crippen molar-refractivity contribution in [3.8, 4) is 0 Å². The van der Waals surface area contributed by atoms with Crippen LogP contribution in [0.1, 0.15) is 40.2 Å². The molecule has 3 heterocycles. The molecule has 13 rings (SSSR count). The van der Waals surface area contributed by atoms with Crippen molar-refractivity contribution in [2.75, 3.05) is 9.80 Å². The third-order valence-corrected chi connectivity index (χ3v) is 14.9. The predicted octanol–water partition coefficient (Wildman–Crippen LogP) is 14.1. The Bertz CT molecular complexity index is 3110. The van der Waals surface area contributed by atoms with Gasteiger partial charge in [-0.2, -0.15) is 0 Å². The van der Waals surface area contributed by atoms with E-state index in [1.807, 2.05) is 11.3 Å². The van der Waals surface area contributed by atoms with Crippen LogP contribution in [0.15, 0.2) is 186 Å². The zero-order chi connectivity index (χ0) is 39.3. The zero-order valence-electron chi connectivity index (χ0n) is 33.2. The van der Waals surface area contributed by atoms with E-state index < -0.39 is 0 Å². The molecule has 0 radical (unpaired) electrons. The summed E-state index contributed by atoms with van der Waals surface area (Å²) in [4.78, 5) is 6.69. The van der Waals surface area contributed by atoms with Crippen molar-refractivity contribution in [1.29, 1.82) is 0 Å². The third kappa shape index (κ3) is 5.27. The van der Waals surface area contributed by atoms with Crippen LogP contribution < -0.4 is 9.80 Å². The van der Waals surface area contributed by atoms with Gasteiger partial charge in [0, 0.05) is 61.7 Å². The highest BCUT2D eigenvalue weighted by molar-refractivity contribution is 7.19. The van der Waals surface area contributed by atoms with Crippen LogP contribution in [0.4, 0.5) is 11.4 Å². The molecule has 3 nitrogen and oxygen atoms in total. The third-order valence-electron chi connectivity index (χ3n) is 13.7. The van der Waals surface area contributed by atoms with Gasteiger partial charge in [0.25, 0.3) is 0 Å². The molecular formula is C56H42N2OS. The lowest BCUT2D eigenvalue weighted by atomic mass is 9.84. The first-order chi connectivity index (χ1) is 29.7. The second-order valence-electron chi connectivity index (χ2n) is 17.0. The lowest BCUT2D eigenvalue weighted by Gasteiger charge is -2.39. The molecular weight excluding hydrogens is 749 g/mol. The minimum atomic E-state index is 0.125. The lowest BCUT2D eigenvalue weighted by Crippen LogP contribution is -2.45. The van der Waals surface area contributed by atoms with E-state index in [1.165, 1.54) is 81.2 Å². The van der Waals surface area contributed by atoms with Gasteiger partial charge < -0.3 is 14.2 Å². The van der Waals surface area contributed by atoms with Gasteiger partial charge in [-0.15, -0.1) is 11.3 Å². The van der Waals surface area contributed by atoms with Gasteiger partial charge in [-0.25, -0.2) is 0 Å². The van der Waals surface area contributed by atoms with Crippen molar-refractivity contribution < 1.29 is 4.42 Å². The molecule has 288 valence electrons. The van der Waals surface area contributed by atoms with Crippen LogP contribution in [0.3, 0.4) is 0 Å². The van der Waals surface area contributed by atoms with Crippen LogP contribution in [0.25, 0.3) is 60.3 Å². The molecule has 0 saturated heterocycles. The normalized spacial score (nSPS) is 21.5. The SMILES string of the molecule is C1=CC2=C(CC1)C1C=CC(c3ccc(N(C4C=Cc5c(oc6ccc7ccccc7c56)C4)C4C=Cc5c(sc6ccc7ccccc7c56)C4)cc3)=CC1N2c1ccccc1. The molecule has 60 heavy (non-hydrogen) atoms. The van der Waals surface area contributed by atoms with Crippen LogP contribution in [0.5, 0.6) is 0 Å². The van der Waals surface area contributed by atoms with Gasteiger partial charge in [0.1, 0.15) is 11.3 Å². The Morgan fingerprint density at radius 1 is 0.633 bits per heavy atom. The molecule has 0 fully saturated rings. The summed E-state index contributed by atoms with van der Waals surface area (Å²) in [5, 5.41) is 7.77. The van der Waals surface area contributed by atoms with E-state index in [1.54, 1.807) is 5.57 Å². The zero-order valence-corrected chi connectivity index (χ0v) is 34.0. The smallest absolute Gasteiger partial charge is 0.135 e. The van der Waals surface area contributed by atoms with E-state index in [2.05, 4.69) is 192 Å². The number of benzene rings is 6. The maximum atomic E-state index is 6.73. The van der Waals surface area contributed by atoms with Gasteiger partial charge in [0.2, 0.25) is 0 Å². The number of para-hydroxylation sites is 1. The average Bonchev–Trinajstić information content (AvgIpc) is 3.99. The van der Waals surface area contributed by atoms with Crippen molar-refractivity contribution in [1.82, 2.24) is 0 Å². The van der Waals surface area contributed by atoms with Crippen molar-refractivity contribution >= 4 is 83.0 Å². The van der Waals surface area contributed by atoms with E-state index in [4.69, 9.17) is 4.42 Å². The molecule has 6 aromatic carbocycles. The molecule has 2 aromatic heterocycles. The van der Waals surface area contributed by atoms with E-state index in [-0.39, 0.29) is 18.1 Å². The molecule has 0 N–H and O–H groups in total. The Labute approximate surface area is 353 Å². The molecule has 8 aromatic rings. The summed E-state index contributed by atoms with van der Waals surface area (Å²) in [5.41, 5.74) is 11.6. The highest BCUT2D eigenvalue weighted by Gasteiger charge is 2.40. The van der Waals surface area contributed by atoms with Gasteiger partial charge >= 0.3 is 0 Å². The van der Waals surface area contributed by atoms with E-state index in [0.717, 1.165) is 37.0 Å². The Morgan fingerprint density at radius 3 is 2.20 bits per heavy atom. The number of anilines is 2. The summed E-state index contributed by atoms with van der Waals surface area (Å²) < 4.78 is 8.10. The summed E-state index contributed by atoms with van der Waals surface area (Å²) in [7, 11) is 0. The first-order valence-corrected chi connectivity index (χ1v) is 22.3. The molecule has 0 amide bonds. The van der Waals surface area contributed by atoms with Crippen molar-refractivity contribution in [2.45, 2.75) is 43.8 Å². The molecule has 4 aliphatic carbocycles. The molecule has 0 spiro atoms. The number of furan rings is 1. The predicted molar refractivity (Wildman–Crippen MR) is 254 cm³/mol. The number of allylic oxidation sites excluding steroid dienone is 4. The summed E-state index contributed by atoms with van der Waals surface area (Å²) in [6, 6.07) is 47.4. The second-order valence-corrected chi connectivity index (χ2v) is 18.1. The topological polar surface area (TPSA) is 19.6 Å². The number of nitrogens with zero attached hydrogens (tertiary/aromatic N) is 2. The van der Waals surface area contributed by atoms with Crippen molar-refractivity contribution in [3.05, 3.63) is 209 Å². The first kappa shape index (κ1) is 34.3. The fourth-order valence-corrected chi connectivity index (χ4v) is 12.3. The van der Waals surface area contributed by atoms with Gasteiger partial charge in [0.15, 0.2) is 0 Å². The molecule has 4 heteroatoms. The number of fused-ring (bicyclic) bond motifs is 12. The average molecular weight is 791 g/mol. The largest absolute Gasteiger partial charge is 0.460 e. The lowest BCUT2D eigenvalue weighted by molar-refractivity contribution is 0.508. The highest BCUT2D eigenvalue weighted by atomic mass is 32.1. The van der Waals surface area contributed by atoms with Crippen LogP contribution in [-0.2, 0) is 12.8 Å². The Hall–Kier alpha value is -6.62. The van der Waals surface area contributed by atoms with Crippen molar-refractivity contribution in [3.63, 3.8) is 0 Å². The van der Waals surface area contributed by atoms with Crippen LogP contribution in [-0.4, -0.2) is 18.1 Å². The molecule has 0 saturated carbocycles. The van der Waals surface area contributed by atoms with E-state index in [0.29, 0.717) is 5.92 Å². The van der Waals surface area contributed by atoms with Crippen molar-refractivity contribution in [2.24, 2.45) is 5.92 Å². The minimum absolute atomic E-state index is 0.125. The number of rotatable bonds is 5. The fourth-order valence-electron chi connectivity index (χ4n) is 11.0.